The van der Waals surface area contributed by atoms with Gasteiger partial charge in [-0.05, 0) is 17.7 Å². The first-order chi connectivity index (χ1) is 7.75. The van der Waals surface area contributed by atoms with Crippen LogP contribution in [0.1, 0.15) is 10.4 Å². The quantitative estimate of drug-likeness (QED) is 0.702. The van der Waals surface area contributed by atoms with E-state index in [1.165, 1.54) is 12.3 Å². The number of ether oxygens (including phenoxy) is 1. The molecule has 0 spiro atoms. The van der Waals surface area contributed by atoms with E-state index in [2.05, 4.69) is 10.6 Å². The third-order valence-electron chi connectivity index (χ3n) is 1.93. The van der Waals surface area contributed by atoms with Gasteiger partial charge in [0, 0.05) is 26.7 Å². The number of carbonyl (C=O) groups is 1. The van der Waals surface area contributed by atoms with Gasteiger partial charge >= 0.3 is 0 Å². The summed E-state index contributed by atoms with van der Waals surface area (Å²) in [4.78, 5) is 11.5. The van der Waals surface area contributed by atoms with Crippen molar-refractivity contribution in [2.24, 2.45) is 0 Å². The van der Waals surface area contributed by atoms with Crippen LogP contribution in [0.2, 0.25) is 5.22 Å². The van der Waals surface area contributed by atoms with Crippen LogP contribution in [0, 0.1) is 0 Å². The van der Waals surface area contributed by atoms with E-state index in [0.29, 0.717) is 25.3 Å². The van der Waals surface area contributed by atoms with Crippen molar-refractivity contribution in [1.82, 2.24) is 10.6 Å². The fourth-order valence-electron chi connectivity index (χ4n) is 1.11. The zero-order chi connectivity index (χ0) is 11.8. The van der Waals surface area contributed by atoms with E-state index in [1.54, 1.807) is 7.11 Å². The number of amides is 1. The summed E-state index contributed by atoms with van der Waals surface area (Å²) >= 11 is 5.66. The minimum absolute atomic E-state index is 0.116. The highest BCUT2D eigenvalue weighted by atomic mass is 35.5. The fraction of sp³-hybridized carbons (Fsp3) is 0.500. The van der Waals surface area contributed by atoms with Crippen LogP contribution in [-0.2, 0) is 4.74 Å². The number of hydrogen-bond donors (Lipinski definition) is 2. The standard InChI is InChI=1S/C10H15ClN2O3/c1-15-7-5-12-3-4-13-10(14)8-2-6-16-9(8)11/h2,6,12H,3-5,7H2,1H3,(H,13,14). The minimum Gasteiger partial charge on any atom is -0.452 e. The third-order valence-corrected chi connectivity index (χ3v) is 2.23. The van der Waals surface area contributed by atoms with Crippen LogP contribution in [0.3, 0.4) is 0 Å². The Morgan fingerprint density at radius 1 is 1.50 bits per heavy atom. The molecule has 0 saturated carbocycles. The van der Waals surface area contributed by atoms with Crippen LogP contribution >= 0.6 is 11.6 Å². The van der Waals surface area contributed by atoms with E-state index < -0.39 is 0 Å². The third kappa shape index (κ3) is 4.22. The molecule has 0 bridgehead atoms. The molecule has 1 amide bonds. The Balaban J connectivity index is 2.14. The number of hydrogen-bond acceptors (Lipinski definition) is 4. The summed E-state index contributed by atoms with van der Waals surface area (Å²) in [5.74, 6) is -0.229. The number of rotatable bonds is 7. The van der Waals surface area contributed by atoms with E-state index >= 15 is 0 Å². The lowest BCUT2D eigenvalue weighted by Crippen LogP contribution is -2.33. The smallest absolute Gasteiger partial charge is 0.256 e. The van der Waals surface area contributed by atoms with E-state index in [1.807, 2.05) is 0 Å². The largest absolute Gasteiger partial charge is 0.452 e. The Morgan fingerprint density at radius 2 is 2.31 bits per heavy atom. The second kappa shape index (κ2) is 7.27. The lowest BCUT2D eigenvalue weighted by atomic mass is 10.3. The first kappa shape index (κ1) is 13.0. The molecule has 2 N–H and O–H groups in total. The first-order valence-electron chi connectivity index (χ1n) is 4.96. The summed E-state index contributed by atoms with van der Waals surface area (Å²) in [7, 11) is 1.64. The number of halogens is 1. The molecule has 0 atom stereocenters. The van der Waals surface area contributed by atoms with Gasteiger partial charge in [-0.3, -0.25) is 4.79 Å². The molecule has 0 aromatic carbocycles. The van der Waals surface area contributed by atoms with Crippen LogP contribution in [-0.4, -0.2) is 39.3 Å². The van der Waals surface area contributed by atoms with Gasteiger partial charge in [0.2, 0.25) is 5.22 Å². The Hall–Kier alpha value is -1.04. The van der Waals surface area contributed by atoms with Gasteiger partial charge in [-0.15, -0.1) is 0 Å². The molecule has 1 heterocycles. The van der Waals surface area contributed by atoms with E-state index in [4.69, 9.17) is 20.8 Å². The van der Waals surface area contributed by atoms with Crippen molar-refractivity contribution in [3.05, 3.63) is 23.1 Å². The van der Waals surface area contributed by atoms with Crippen LogP contribution in [0.5, 0.6) is 0 Å². The van der Waals surface area contributed by atoms with Gasteiger partial charge in [-0.25, -0.2) is 0 Å². The lowest BCUT2D eigenvalue weighted by Gasteiger charge is -2.05. The molecule has 0 aliphatic rings. The Kier molecular flexibility index (Phi) is 5.92. The van der Waals surface area contributed by atoms with Gasteiger partial charge in [0.15, 0.2) is 0 Å². The average molecular weight is 247 g/mol. The molecular formula is C10H15ClN2O3. The number of furan rings is 1. The minimum atomic E-state index is -0.229. The van der Waals surface area contributed by atoms with Crippen molar-refractivity contribution in [3.63, 3.8) is 0 Å². The molecule has 0 saturated heterocycles. The predicted molar refractivity (Wildman–Crippen MR) is 60.8 cm³/mol. The van der Waals surface area contributed by atoms with Crippen molar-refractivity contribution < 1.29 is 13.9 Å². The van der Waals surface area contributed by atoms with Crippen LogP contribution in [0.4, 0.5) is 0 Å². The van der Waals surface area contributed by atoms with Crippen molar-refractivity contribution in [3.8, 4) is 0 Å². The van der Waals surface area contributed by atoms with Crippen LogP contribution in [0.15, 0.2) is 16.7 Å². The van der Waals surface area contributed by atoms with E-state index in [-0.39, 0.29) is 11.1 Å². The Morgan fingerprint density at radius 3 is 2.94 bits per heavy atom. The summed E-state index contributed by atoms with van der Waals surface area (Å²) < 4.78 is 9.68. The highest BCUT2D eigenvalue weighted by Gasteiger charge is 2.11. The maximum atomic E-state index is 11.5. The molecule has 16 heavy (non-hydrogen) atoms. The molecular weight excluding hydrogens is 232 g/mol. The van der Waals surface area contributed by atoms with Crippen molar-refractivity contribution in [2.45, 2.75) is 0 Å². The molecule has 0 radical (unpaired) electrons. The molecule has 0 aliphatic heterocycles. The number of methoxy groups -OCH3 is 1. The molecule has 0 unspecified atom stereocenters. The van der Waals surface area contributed by atoms with Crippen molar-refractivity contribution in [2.75, 3.05) is 33.4 Å². The zero-order valence-electron chi connectivity index (χ0n) is 9.09. The summed E-state index contributed by atoms with van der Waals surface area (Å²) in [6, 6.07) is 1.54. The van der Waals surface area contributed by atoms with Gasteiger partial charge in [0.1, 0.15) is 0 Å². The Labute approximate surface area is 99.1 Å². The molecule has 0 fully saturated rings. The molecule has 5 nitrogen and oxygen atoms in total. The summed E-state index contributed by atoms with van der Waals surface area (Å²) in [6.07, 6.45) is 1.38. The van der Waals surface area contributed by atoms with Crippen molar-refractivity contribution in [1.29, 1.82) is 0 Å². The van der Waals surface area contributed by atoms with Crippen LogP contribution < -0.4 is 10.6 Å². The molecule has 6 heteroatoms. The topological polar surface area (TPSA) is 63.5 Å². The Bertz CT molecular complexity index is 328. The molecule has 90 valence electrons. The summed E-state index contributed by atoms with van der Waals surface area (Å²) in [5.41, 5.74) is 0.360. The van der Waals surface area contributed by atoms with E-state index in [0.717, 1.165) is 6.54 Å². The predicted octanol–water partition coefficient (Wildman–Crippen LogP) is 0.899. The van der Waals surface area contributed by atoms with Crippen LogP contribution in [0.25, 0.3) is 0 Å². The van der Waals surface area contributed by atoms with Gasteiger partial charge < -0.3 is 19.8 Å². The number of nitrogens with one attached hydrogen (secondary N) is 2. The monoisotopic (exact) mass is 246 g/mol. The molecule has 0 aliphatic carbocycles. The van der Waals surface area contributed by atoms with Gasteiger partial charge in [0.05, 0.1) is 18.4 Å². The maximum Gasteiger partial charge on any atom is 0.256 e. The molecule has 1 aromatic heterocycles. The zero-order valence-corrected chi connectivity index (χ0v) is 9.84. The lowest BCUT2D eigenvalue weighted by molar-refractivity contribution is 0.0953. The van der Waals surface area contributed by atoms with Gasteiger partial charge in [-0.1, -0.05) is 0 Å². The highest BCUT2D eigenvalue weighted by Crippen LogP contribution is 2.15. The van der Waals surface area contributed by atoms with Gasteiger partial charge in [-0.2, -0.15) is 0 Å². The second-order valence-corrected chi connectivity index (χ2v) is 3.45. The maximum absolute atomic E-state index is 11.5. The summed E-state index contributed by atoms with van der Waals surface area (Å²) in [5, 5.41) is 5.94. The number of carbonyl (C=O) groups excluding carboxylic acids is 1. The molecule has 1 rings (SSSR count). The molecule has 1 aromatic rings. The summed E-state index contributed by atoms with van der Waals surface area (Å²) in [6.45, 7) is 2.63. The highest BCUT2D eigenvalue weighted by molar-refractivity contribution is 6.32. The SMILES string of the molecule is COCCNCCNC(=O)c1ccoc1Cl. The normalized spacial score (nSPS) is 10.4. The van der Waals surface area contributed by atoms with E-state index in [9.17, 15) is 4.79 Å². The average Bonchev–Trinajstić information content (AvgIpc) is 2.69. The van der Waals surface area contributed by atoms with Gasteiger partial charge in [0.25, 0.3) is 5.91 Å². The fourth-order valence-corrected chi connectivity index (χ4v) is 1.31. The second-order valence-electron chi connectivity index (χ2n) is 3.11. The van der Waals surface area contributed by atoms with Crippen molar-refractivity contribution >= 4 is 17.5 Å². The first-order valence-corrected chi connectivity index (χ1v) is 5.34.